The number of hydrogen-bond donors (Lipinski definition) is 1. The number of ether oxygens (including phenoxy) is 1. The molecule has 0 saturated heterocycles. The Balaban J connectivity index is 1.91. The van der Waals surface area contributed by atoms with Crippen molar-refractivity contribution in [2.75, 3.05) is 11.9 Å². The van der Waals surface area contributed by atoms with E-state index >= 15 is 0 Å². The van der Waals surface area contributed by atoms with Gasteiger partial charge in [0.2, 0.25) is 0 Å². The van der Waals surface area contributed by atoms with Crippen molar-refractivity contribution in [2.45, 2.75) is 13.3 Å². The fourth-order valence-corrected chi connectivity index (χ4v) is 3.98. The van der Waals surface area contributed by atoms with E-state index < -0.39 is 5.91 Å². The Morgan fingerprint density at radius 1 is 1.16 bits per heavy atom. The van der Waals surface area contributed by atoms with E-state index in [1.165, 1.54) is 6.08 Å². The number of hydrogen-bond acceptors (Lipinski definition) is 3. The monoisotopic (exact) mass is 528 g/mol. The molecule has 0 aliphatic carbocycles. The molecule has 3 aromatic rings. The summed E-state index contributed by atoms with van der Waals surface area (Å²) in [5, 5.41) is 13.5. The van der Waals surface area contributed by atoms with Crippen molar-refractivity contribution >= 4 is 56.8 Å². The Morgan fingerprint density at radius 2 is 1.88 bits per heavy atom. The summed E-state index contributed by atoms with van der Waals surface area (Å²) in [6, 6.07) is 19.9. The fraction of sp³-hybridized carbons (Fsp3) is 0.120. The van der Waals surface area contributed by atoms with Crippen molar-refractivity contribution in [3.63, 3.8) is 0 Å². The number of nitrogens with one attached hydrogen (secondary N) is 1. The standard InChI is InChI=1S/C25H19BrCl2N2O2/c1-2-32-24-13-16(12-22(26)21(24)14-17-5-3-4-6-23(17)28)11-18(15-29)25(31)30-20-9-7-19(27)8-10-20/h3-13H,2,14H2,1H3,(H,30,31)/b18-11+. The summed E-state index contributed by atoms with van der Waals surface area (Å²) in [5.41, 5.74) is 3.08. The zero-order valence-electron chi connectivity index (χ0n) is 17.2. The van der Waals surface area contributed by atoms with Crippen LogP contribution in [-0.2, 0) is 11.2 Å². The smallest absolute Gasteiger partial charge is 0.266 e. The van der Waals surface area contributed by atoms with Crippen LogP contribution in [0.2, 0.25) is 10.0 Å². The van der Waals surface area contributed by atoms with E-state index in [9.17, 15) is 10.1 Å². The number of halogens is 3. The first kappa shape index (κ1) is 23.9. The maximum atomic E-state index is 12.6. The van der Waals surface area contributed by atoms with Gasteiger partial charge in [-0.15, -0.1) is 0 Å². The molecule has 0 fully saturated rings. The highest BCUT2D eigenvalue weighted by molar-refractivity contribution is 9.10. The van der Waals surface area contributed by atoms with Gasteiger partial charge in [0.25, 0.3) is 5.91 Å². The molecular formula is C25H19BrCl2N2O2. The summed E-state index contributed by atoms with van der Waals surface area (Å²) in [6.45, 7) is 2.37. The van der Waals surface area contributed by atoms with E-state index in [0.717, 1.165) is 15.6 Å². The Kier molecular flexibility index (Phi) is 8.35. The molecule has 4 nitrogen and oxygen atoms in total. The number of amides is 1. The average molecular weight is 530 g/mol. The fourth-order valence-electron chi connectivity index (χ4n) is 3.05. The SMILES string of the molecule is CCOc1cc(/C=C(\C#N)C(=O)Nc2ccc(Cl)cc2)cc(Br)c1Cc1ccccc1Cl. The van der Waals surface area contributed by atoms with Crippen LogP contribution in [0, 0.1) is 11.3 Å². The molecule has 1 amide bonds. The van der Waals surface area contributed by atoms with Gasteiger partial charge >= 0.3 is 0 Å². The first-order valence-corrected chi connectivity index (χ1v) is 11.3. The van der Waals surface area contributed by atoms with Crippen LogP contribution >= 0.6 is 39.1 Å². The van der Waals surface area contributed by atoms with Crippen LogP contribution in [0.15, 0.2) is 70.7 Å². The number of benzene rings is 3. The molecule has 162 valence electrons. The minimum atomic E-state index is -0.510. The lowest BCUT2D eigenvalue weighted by atomic mass is 10.0. The van der Waals surface area contributed by atoms with E-state index in [4.69, 9.17) is 27.9 Å². The van der Waals surface area contributed by atoms with Gasteiger partial charge in [0.1, 0.15) is 17.4 Å². The van der Waals surface area contributed by atoms with Crippen LogP contribution < -0.4 is 10.1 Å². The third-order valence-electron chi connectivity index (χ3n) is 4.58. The lowest BCUT2D eigenvalue weighted by Crippen LogP contribution is -2.13. The molecule has 7 heteroatoms. The molecule has 0 heterocycles. The molecule has 0 spiro atoms. The predicted molar refractivity (Wildman–Crippen MR) is 133 cm³/mol. The predicted octanol–water partition coefficient (Wildman–Crippen LogP) is 7.29. The summed E-state index contributed by atoms with van der Waals surface area (Å²) >= 11 is 15.8. The molecule has 3 rings (SSSR count). The van der Waals surface area contributed by atoms with Gasteiger partial charge in [0, 0.05) is 32.2 Å². The largest absolute Gasteiger partial charge is 0.494 e. The number of nitrogens with zero attached hydrogens (tertiary/aromatic N) is 1. The molecule has 1 N–H and O–H groups in total. The van der Waals surface area contributed by atoms with Crippen LogP contribution in [0.3, 0.4) is 0 Å². The lowest BCUT2D eigenvalue weighted by molar-refractivity contribution is -0.112. The summed E-state index contributed by atoms with van der Waals surface area (Å²) in [6.07, 6.45) is 2.10. The second kappa shape index (κ2) is 11.2. The minimum Gasteiger partial charge on any atom is -0.494 e. The molecule has 0 unspecified atom stereocenters. The van der Waals surface area contributed by atoms with Gasteiger partial charge < -0.3 is 10.1 Å². The van der Waals surface area contributed by atoms with Gasteiger partial charge in [-0.25, -0.2) is 0 Å². The van der Waals surface area contributed by atoms with Crippen molar-refractivity contribution in [1.82, 2.24) is 0 Å². The molecule has 0 aromatic heterocycles. The Hall–Kier alpha value is -2.78. The summed E-state index contributed by atoms with van der Waals surface area (Å²) in [7, 11) is 0. The number of carbonyl (C=O) groups excluding carboxylic acids is 1. The zero-order valence-corrected chi connectivity index (χ0v) is 20.3. The topological polar surface area (TPSA) is 62.1 Å². The number of nitriles is 1. The summed E-state index contributed by atoms with van der Waals surface area (Å²) in [4.78, 5) is 12.6. The summed E-state index contributed by atoms with van der Waals surface area (Å²) < 4.78 is 6.65. The van der Waals surface area contributed by atoms with Gasteiger partial charge in [-0.3, -0.25) is 4.79 Å². The Morgan fingerprint density at radius 3 is 2.53 bits per heavy atom. The third kappa shape index (κ3) is 6.14. The van der Waals surface area contributed by atoms with E-state index in [1.807, 2.05) is 49.4 Å². The first-order valence-electron chi connectivity index (χ1n) is 9.78. The van der Waals surface area contributed by atoms with Gasteiger partial charge in [-0.2, -0.15) is 5.26 Å². The third-order valence-corrected chi connectivity index (χ3v) is 5.91. The highest BCUT2D eigenvalue weighted by atomic mass is 79.9. The van der Waals surface area contributed by atoms with Gasteiger partial charge in [0.05, 0.1) is 6.61 Å². The van der Waals surface area contributed by atoms with Gasteiger partial charge in [0.15, 0.2) is 0 Å². The highest BCUT2D eigenvalue weighted by Crippen LogP contribution is 2.33. The highest BCUT2D eigenvalue weighted by Gasteiger charge is 2.15. The maximum absolute atomic E-state index is 12.6. The van der Waals surface area contributed by atoms with Crippen LogP contribution in [0.4, 0.5) is 5.69 Å². The Bertz CT molecular complexity index is 1200. The molecule has 0 atom stereocenters. The zero-order chi connectivity index (χ0) is 23.1. The normalized spacial score (nSPS) is 11.0. The average Bonchev–Trinajstić information content (AvgIpc) is 2.77. The van der Waals surface area contributed by atoms with E-state index in [-0.39, 0.29) is 5.57 Å². The molecule has 0 radical (unpaired) electrons. The summed E-state index contributed by atoms with van der Waals surface area (Å²) in [5.74, 6) is 0.146. The number of rotatable bonds is 7. The quantitative estimate of drug-likeness (QED) is 0.258. The van der Waals surface area contributed by atoms with Crippen molar-refractivity contribution < 1.29 is 9.53 Å². The van der Waals surface area contributed by atoms with Crippen LogP contribution in [0.1, 0.15) is 23.6 Å². The first-order chi connectivity index (χ1) is 15.4. The van der Waals surface area contributed by atoms with Crippen molar-refractivity contribution in [1.29, 1.82) is 5.26 Å². The van der Waals surface area contributed by atoms with Crippen LogP contribution in [-0.4, -0.2) is 12.5 Å². The van der Waals surface area contributed by atoms with E-state index in [2.05, 4.69) is 21.2 Å². The lowest BCUT2D eigenvalue weighted by Gasteiger charge is -2.15. The number of carbonyl (C=O) groups is 1. The van der Waals surface area contributed by atoms with E-state index in [1.54, 1.807) is 24.3 Å². The molecule has 0 aliphatic heterocycles. The Labute approximate surface area is 205 Å². The maximum Gasteiger partial charge on any atom is 0.266 e. The van der Waals surface area contributed by atoms with Crippen LogP contribution in [0.5, 0.6) is 5.75 Å². The van der Waals surface area contributed by atoms with Crippen molar-refractivity contribution in [3.05, 3.63) is 97.4 Å². The van der Waals surface area contributed by atoms with Crippen LogP contribution in [0.25, 0.3) is 6.08 Å². The molecular weight excluding hydrogens is 511 g/mol. The number of anilines is 1. The molecule has 0 bridgehead atoms. The van der Waals surface area contributed by atoms with Gasteiger partial charge in [-0.1, -0.05) is 57.3 Å². The molecule has 0 aliphatic rings. The molecule has 3 aromatic carbocycles. The van der Waals surface area contributed by atoms with E-state index in [0.29, 0.717) is 40.1 Å². The second-order valence-electron chi connectivity index (χ2n) is 6.81. The molecule has 0 saturated carbocycles. The second-order valence-corrected chi connectivity index (χ2v) is 8.51. The van der Waals surface area contributed by atoms with Crippen molar-refractivity contribution in [3.8, 4) is 11.8 Å². The van der Waals surface area contributed by atoms with Crippen molar-refractivity contribution in [2.24, 2.45) is 0 Å². The van der Waals surface area contributed by atoms with Gasteiger partial charge in [-0.05, 0) is 66.6 Å². The molecule has 32 heavy (non-hydrogen) atoms. The minimum absolute atomic E-state index is 0.0341.